The molecule has 3 aromatic rings. The van der Waals surface area contributed by atoms with Crippen molar-refractivity contribution in [2.45, 2.75) is 25.6 Å². The van der Waals surface area contributed by atoms with Crippen molar-refractivity contribution in [3.63, 3.8) is 0 Å². The van der Waals surface area contributed by atoms with Crippen LogP contribution in [0.15, 0.2) is 54.7 Å². The van der Waals surface area contributed by atoms with Gasteiger partial charge in [-0.15, -0.1) is 0 Å². The lowest BCUT2D eigenvalue weighted by molar-refractivity contribution is 0.206. The van der Waals surface area contributed by atoms with Crippen LogP contribution in [0.25, 0.3) is 0 Å². The largest absolute Gasteiger partial charge is 0.350 e. The maximum absolute atomic E-state index is 14.6. The summed E-state index contributed by atoms with van der Waals surface area (Å²) in [5.41, 5.74) is 0.503. The predicted octanol–water partition coefficient (Wildman–Crippen LogP) is 5.04. The van der Waals surface area contributed by atoms with E-state index in [1.807, 2.05) is 16.8 Å². The minimum atomic E-state index is -0.775. The second-order valence-corrected chi connectivity index (χ2v) is 6.69. The Hall–Kier alpha value is -2.60. The summed E-state index contributed by atoms with van der Waals surface area (Å²) in [4.78, 5) is 1.74. The van der Waals surface area contributed by atoms with Crippen molar-refractivity contribution in [2.75, 3.05) is 6.54 Å². The summed E-state index contributed by atoms with van der Waals surface area (Å²) in [6, 6.07) is 10.2. The molecule has 0 radical (unpaired) electrons. The van der Waals surface area contributed by atoms with Gasteiger partial charge in [0.25, 0.3) is 0 Å². The van der Waals surface area contributed by atoms with Crippen molar-refractivity contribution >= 4 is 0 Å². The van der Waals surface area contributed by atoms with Crippen molar-refractivity contribution in [3.8, 4) is 0 Å². The van der Waals surface area contributed by atoms with Gasteiger partial charge in [0.05, 0.1) is 6.04 Å². The van der Waals surface area contributed by atoms with E-state index in [1.54, 1.807) is 11.0 Å². The summed E-state index contributed by atoms with van der Waals surface area (Å²) in [6.07, 6.45) is 2.55. The quantitative estimate of drug-likeness (QED) is 0.583. The molecule has 0 fully saturated rings. The fourth-order valence-electron chi connectivity index (χ4n) is 3.80. The molecule has 1 aromatic heterocycles. The maximum Gasteiger partial charge on any atom is 0.131 e. The lowest BCUT2D eigenvalue weighted by Crippen LogP contribution is -2.31. The molecule has 0 spiro atoms. The van der Waals surface area contributed by atoms with Gasteiger partial charge in [-0.05, 0) is 42.8 Å². The van der Waals surface area contributed by atoms with E-state index >= 15 is 0 Å². The average Bonchev–Trinajstić information content (AvgIpc) is 3.02. The van der Waals surface area contributed by atoms with E-state index < -0.39 is 29.3 Å². The number of aromatic nitrogens is 1. The highest BCUT2D eigenvalue weighted by Crippen LogP contribution is 2.36. The molecule has 2 heterocycles. The molecule has 1 unspecified atom stereocenters. The van der Waals surface area contributed by atoms with Crippen LogP contribution in [0.3, 0.4) is 0 Å². The first-order valence-corrected chi connectivity index (χ1v) is 8.82. The number of hydrogen-bond donors (Lipinski definition) is 0. The van der Waals surface area contributed by atoms with E-state index in [-0.39, 0.29) is 17.7 Å². The summed E-state index contributed by atoms with van der Waals surface area (Å²) < 4.78 is 59.6. The number of halogens is 4. The average molecular weight is 374 g/mol. The third-order valence-corrected chi connectivity index (χ3v) is 5.05. The normalized spacial score (nSPS) is 17.6. The molecule has 1 aliphatic heterocycles. The maximum atomic E-state index is 14.6. The summed E-state index contributed by atoms with van der Waals surface area (Å²) >= 11 is 0. The van der Waals surface area contributed by atoms with Gasteiger partial charge in [-0.3, -0.25) is 4.90 Å². The van der Waals surface area contributed by atoms with Crippen LogP contribution in [0, 0.1) is 23.3 Å². The Bertz CT molecular complexity index is 926. The van der Waals surface area contributed by atoms with Gasteiger partial charge < -0.3 is 4.57 Å². The number of benzene rings is 2. The third-order valence-electron chi connectivity index (χ3n) is 5.05. The fraction of sp³-hybridized carbons (Fsp3) is 0.238. The summed E-state index contributed by atoms with van der Waals surface area (Å²) in [5.74, 6) is -2.67. The molecular formula is C21H18F4N2. The van der Waals surface area contributed by atoms with Crippen molar-refractivity contribution in [1.29, 1.82) is 0 Å². The van der Waals surface area contributed by atoms with Crippen LogP contribution in [0.4, 0.5) is 17.6 Å². The van der Waals surface area contributed by atoms with Crippen LogP contribution in [-0.4, -0.2) is 16.0 Å². The Morgan fingerprint density at radius 1 is 0.778 bits per heavy atom. The molecule has 0 saturated heterocycles. The van der Waals surface area contributed by atoms with Crippen LogP contribution < -0.4 is 0 Å². The second-order valence-electron chi connectivity index (χ2n) is 6.69. The van der Waals surface area contributed by atoms with Crippen LogP contribution >= 0.6 is 0 Å². The molecule has 6 heteroatoms. The van der Waals surface area contributed by atoms with Crippen molar-refractivity contribution in [1.82, 2.24) is 9.47 Å². The third kappa shape index (κ3) is 3.25. The first-order valence-electron chi connectivity index (χ1n) is 8.82. The van der Waals surface area contributed by atoms with E-state index in [9.17, 15) is 17.6 Å². The van der Waals surface area contributed by atoms with Gasteiger partial charge in [-0.1, -0.05) is 12.1 Å². The Labute approximate surface area is 154 Å². The standard InChI is InChI=1S/C21H18F4N2/c22-15-5-1-6-16(23)14(15)13-27-12-4-11-26-10-3-9-19(26)21(27)20-17(24)7-2-8-18(20)25/h1-3,5-10,21H,4,11-13H2. The molecular weight excluding hydrogens is 356 g/mol. The molecule has 2 aromatic carbocycles. The first-order chi connectivity index (χ1) is 13.1. The monoisotopic (exact) mass is 374 g/mol. The fourth-order valence-corrected chi connectivity index (χ4v) is 3.80. The zero-order valence-electron chi connectivity index (χ0n) is 14.5. The molecule has 4 rings (SSSR count). The molecule has 2 nitrogen and oxygen atoms in total. The molecule has 0 aliphatic carbocycles. The molecule has 0 amide bonds. The minimum Gasteiger partial charge on any atom is -0.350 e. The topological polar surface area (TPSA) is 8.17 Å². The highest BCUT2D eigenvalue weighted by Gasteiger charge is 2.32. The van der Waals surface area contributed by atoms with E-state index in [1.165, 1.54) is 36.4 Å². The van der Waals surface area contributed by atoms with E-state index in [0.717, 1.165) is 0 Å². The van der Waals surface area contributed by atoms with Gasteiger partial charge in [0.1, 0.15) is 23.3 Å². The zero-order chi connectivity index (χ0) is 19.0. The van der Waals surface area contributed by atoms with Crippen LogP contribution in [0.2, 0.25) is 0 Å². The minimum absolute atomic E-state index is 0.0812. The Kier molecular flexibility index (Phi) is 4.74. The molecule has 1 atom stereocenters. The van der Waals surface area contributed by atoms with E-state index in [0.29, 0.717) is 25.2 Å². The molecule has 0 bridgehead atoms. The van der Waals surface area contributed by atoms with Crippen LogP contribution in [0.1, 0.15) is 29.3 Å². The SMILES string of the molecule is Fc1cccc(F)c1CN1CCCn2cccc2C1c1c(F)cccc1F. The highest BCUT2D eigenvalue weighted by atomic mass is 19.1. The number of fused-ring (bicyclic) bond motifs is 1. The summed E-state index contributed by atoms with van der Waals surface area (Å²) in [6.45, 7) is 1.04. The van der Waals surface area contributed by atoms with Gasteiger partial charge in [0.2, 0.25) is 0 Å². The number of rotatable bonds is 3. The number of aryl methyl sites for hydroxylation is 1. The zero-order valence-corrected chi connectivity index (χ0v) is 14.5. The molecule has 140 valence electrons. The van der Waals surface area contributed by atoms with Crippen molar-refractivity contribution in [3.05, 3.63) is 94.8 Å². The molecule has 1 aliphatic rings. The lowest BCUT2D eigenvalue weighted by atomic mass is 9.99. The van der Waals surface area contributed by atoms with Crippen molar-refractivity contribution < 1.29 is 17.6 Å². The highest BCUT2D eigenvalue weighted by molar-refractivity contribution is 5.33. The Morgan fingerprint density at radius 3 is 2.07 bits per heavy atom. The molecule has 0 N–H and O–H groups in total. The van der Waals surface area contributed by atoms with Crippen molar-refractivity contribution in [2.24, 2.45) is 0 Å². The molecule has 0 saturated carbocycles. The smallest absolute Gasteiger partial charge is 0.131 e. The number of nitrogens with zero attached hydrogens (tertiary/aromatic N) is 2. The van der Waals surface area contributed by atoms with Gasteiger partial charge in [0.15, 0.2) is 0 Å². The second kappa shape index (κ2) is 7.19. The van der Waals surface area contributed by atoms with Gasteiger partial charge >= 0.3 is 0 Å². The Balaban J connectivity index is 1.84. The lowest BCUT2D eigenvalue weighted by Gasteiger charge is -2.31. The van der Waals surface area contributed by atoms with Crippen LogP contribution in [-0.2, 0) is 13.1 Å². The summed E-state index contributed by atoms with van der Waals surface area (Å²) in [5, 5.41) is 0. The van der Waals surface area contributed by atoms with Gasteiger partial charge in [-0.25, -0.2) is 17.6 Å². The van der Waals surface area contributed by atoms with Gasteiger partial charge in [0, 0.05) is 42.7 Å². The van der Waals surface area contributed by atoms with Gasteiger partial charge in [-0.2, -0.15) is 0 Å². The van der Waals surface area contributed by atoms with E-state index in [2.05, 4.69) is 0 Å². The predicted molar refractivity (Wildman–Crippen MR) is 94.0 cm³/mol. The molecule has 27 heavy (non-hydrogen) atoms. The summed E-state index contributed by atoms with van der Waals surface area (Å²) in [7, 11) is 0. The Morgan fingerprint density at radius 2 is 1.41 bits per heavy atom. The first kappa shape index (κ1) is 17.8. The van der Waals surface area contributed by atoms with E-state index in [4.69, 9.17) is 0 Å². The number of hydrogen-bond acceptors (Lipinski definition) is 1. The van der Waals surface area contributed by atoms with Crippen LogP contribution in [0.5, 0.6) is 0 Å².